The van der Waals surface area contributed by atoms with Gasteiger partial charge >= 0.3 is 0 Å². The highest BCUT2D eigenvalue weighted by Crippen LogP contribution is 2.26. The number of sulfonamides is 2. The minimum Gasteiger partial charge on any atom is -0.339 e. The van der Waals surface area contributed by atoms with Crippen LogP contribution in [0.1, 0.15) is 24.1 Å². The van der Waals surface area contributed by atoms with Crippen molar-refractivity contribution in [1.82, 2.24) is 13.5 Å². The summed E-state index contributed by atoms with van der Waals surface area (Å²) in [5.74, 6) is -0.218. The summed E-state index contributed by atoms with van der Waals surface area (Å²) in [6, 6.07) is 2.72. The second kappa shape index (κ2) is 7.78. The van der Waals surface area contributed by atoms with Crippen LogP contribution in [-0.4, -0.2) is 81.3 Å². The van der Waals surface area contributed by atoms with E-state index in [2.05, 4.69) is 0 Å². The number of piperidine rings is 1. The molecule has 1 aromatic heterocycles. The topological polar surface area (TPSA) is 95.1 Å². The van der Waals surface area contributed by atoms with Crippen molar-refractivity contribution in [2.24, 2.45) is 0 Å². The second-order valence-electron chi connectivity index (χ2n) is 6.98. The Morgan fingerprint density at radius 1 is 1.04 bits per heavy atom. The highest BCUT2D eigenvalue weighted by molar-refractivity contribution is 7.91. The van der Waals surface area contributed by atoms with Gasteiger partial charge in [0.05, 0.1) is 6.26 Å². The number of amides is 1. The molecule has 0 N–H and O–H groups in total. The maximum atomic E-state index is 12.9. The van der Waals surface area contributed by atoms with Crippen molar-refractivity contribution in [3.63, 3.8) is 0 Å². The molecule has 1 aromatic rings. The second-order valence-corrected chi connectivity index (χ2v) is 12.4. The summed E-state index contributed by atoms with van der Waals surface area (Å²) < 4.78 is 52.4. The van der Waals surface area contributed by atoms with Gasteiger partial charge in [-0.3, -0.25) is 4.79 Å². The molecule has 3 rings (SSSR count). The van der Waals surface area contributed by atoms with Crippen molar-refractivity contribution in [3.05, 3.63) is 17.0 Å². The monoisotopic (exact) mass is 435 g/mol. The van der Waals surface area contributed by atoms with Gasteiger partial charge in [0.2, 0.25) is 15.9 Å². The number of hydrogen-bond donors (Lipinski definition) is 0. The fourth-order valence-corrected chi connectivity index (χ4v) is 7.56. The fraction of sp³-hybridized carbons (Fsp3) is 0.688. The number of carbonyl (C=O) groups is 1. The lowest BCUT2D eigenvalue weighted by Gasteiger charge is -2.39. The average molecular weight is 436 g/mol. The Morgan fingerprint density at radius 3 is 2.26 bits per heavy atom. The van der Waals surface area contributed by atoms with Gasteiger partial charge < -0.3 is 4.90 Å². The van der Waals surface area contributed by atoms with Crippen molar-refractivity contribution >= 4 is 37.3 Å². The zero-order valence-electron chi connectivity index (χ0n) is 15.5. The maximum absolute atomic E-state index is 12.9. The molecular weight excluding hydrogens is 410 g/mol. The van der Waals surface area contributed by atoms with E-state index in [4.69, 9.17) is 0 Å². The van der Waals surface area contributed by atoms with E-state index in [1.54, 1.807) is 17.0 Å². The Kier molecular flexibility index (Phi) is 5.97. The van der Waals surface area contributed by atoms with Crippen LogP contribution in [0.25, 0.3) is 0 Å². The SMILES string of the molecule is Cc1ccc(S(=O)(=O)N2CCN(C(=O)[C@@H]3CCCCN3S(C)(=O)=O)CC2)s1. The standard InChI is InChI=1S/C16H25N3O5S3/c1-13-6-7-15(25-13)27(23,24)18-11-9-17(10-12-18)16(20)14-5-3-4-8-19(14)26(2,21)22/h6-7,14H,3-5,8-12H2,1-2H3/t14-/m0/s1. The number of aryl methyl sites for hydroxylation is 1. The highest BCUT2D eigenvalue weighted by Gasteiger charge is 2.39. The highest BCUT2D eigenvalue weighted by atomic mass is 32.2. The lowest BCUT2D eigenvalue weighted by atomic mass is 10.0. The molecule has 0 bridgehead atoms. The number of rotatable bonds is 4. The van der Waals surface area contributed by atoms with Gasteiger partial charge in [-0.05, 0) is 31.9 Å². The molecule has 0 spiro atoms. The molecule has 152 valence electrons. The van der Waals surface area contributed by atoms with E-state index in [0.29, 0.717) is 17.2 Å². The lowest BCUT2D eigenvalue weighted by molar-refractivity contribution is -0.137. The van der Waals surface area contributed by atoms with Gasteiger partial charge in [0, 0.05) is 37.6 Å². The Balaban J connectivity index is 1.67. The van der Waals surface area contributed by atoms with E-state index in [1.165, 1.54) is 19.9 Å². The largest absolute Gasteiger partial charge is 0.339 e. The molecule has 2 aliphatic rings. The quantitative estimate of drug-likeness (QED) is 0.694. The summed E-state index contributed by atoms with van der Waals surface area (Å²) in [7, 11) is -6.99. The van der Waals surface area contributed by atoms with Crippen LogP contribution >= 0.6 is 11.3 Å². The van der Waals surface area contributed by atoms with Crippen LogP contribution in [0.3, 0.4) is 0 Å². The van der Waals surface area contributed by atoms with Crippen LogP contribution in [0.5, 0.6) is 0 Å². The number of thiophene rings is 1. The molecule has 3 heterocycles. The first-order valence-corrected chi connectivity index (χ1v) is 13.0. The Labute approximate surface area is 164 Å². The number of nitrogens with zero attached hydrogens (tertiary/aromatic N) is 3. The Bertz CT molecular complexity index is 901. The van der Waals surface area contributed by atoms with Crippen LogP contribution in [0.4, 0.5) is 0 Å². The van der Waals surface area contributed by atoms with E-state index >= 15 is 0 Å². The van der Waals surface area contributed by atoms with Gasteiger partial charge in [0.1, 0.15) is 10.3 Å². The molecule has 8 nitrogen and oxygen atoms in total. The number of hydrogen-bond acceptors (Lipinski definition) is 6. The van der Waals surface area contributed by atoms with Crippen molar-refractivity contribution in [2.45, 2.75) is 36.4 Å². The zero-order chi connectivity index (χ0) is 19.8. The fourth-order valence-electron chi connectivity index (χ4n) is 3.59. The summed E-state index contributed by atoms with van der Waals surface area (Å²) in [6.07, 6.45) is 3.21. The van der Waals surface area contributed by atoms with E-state index < -0.39 is 26.1 Å². The third-order valence-corrected chi connectivity index (χ3v) is 9.68. The molecule has 27 heavy (non-hydrogen) atoms. The van der Waals surface area contributed by atoms with Gasteiger partial charge in [-0.2, -0.15) is 8.61 Å². The predicted octanol–water partition coefficient (Wildman–Crippen LogP) is 0.704. The molecule has 0 radical (unpaired) electrons. The Hall–Kier alpha value is -1.01. The van der Waals surface area contributed by atoms with Gasteiger partial charge in [-0.15, -0.1) is 11.3 Å². The molecule has 0 unspecified atom stereocenters. The molecule has 0 aliphatic carbocycles. The van der Waals surface area contributed by atoms with E-state index in [0.717, 1.165) is 24.0 Å². The van der Waals surface area contributed by atoms with E-state index in [-0.39, 0.29) is 32.1 Å². The van der Waals surface area contributed by atoms with Gasteiger partial charge in [0.25, 0.3) is 10.0 Å². The normalized spacial score (nSPS) is 23.5. The van der Waals surface area contributed by atoms with E-state index in [1.807, 2.05) is 6.92 Å². The summed E-state index contributed by atoms with van der Waals surface area (Å²) >= 11 is 1.24. The van der Waals surface area contributed by atoms with Crippen molar-refractivity contribution in [3.8, 4) is 0 Å². The molecule has 11 heteroatoms. The van der Waals surface area contributed by atoms with Crippen LogP contribution in [0.15, 0.2) is 16.3 Å². The molecule has 0 saturated carbocycles. The number of carbonyl (C=O) groups excluding carboxylic acids is 1. The molecular formula is C16H25N3O5S3. The van der Waals surface area contributed by atoms with Crippen molar-refractivity contribution in [1.29, 1.82) is 0 Å². The Morgan fingerprint density at radius 2 is 1.70 bits per heavy atom. The van der Waals surface area contributed by atoms with Crippen LogP contribution < -0.4 is 0 Å². The van der Waals surface area contributed by atoms with Gasteiger partial charge in [-0.1, -0.05) is 6.42 Å². The molecule has 2 aliphatic heterocycles. The van der Waals surface area contributed by atoms with E-state index in [9.17, 15) is 21.6 Å². The summed E-state index contributed by atoms with van der Waals surface area (Å²) in [6.45, 7) is 3.21. The van der Waals surface area contributed by atoms with Gasteiger partial charge in [0.15, 0.2) is 0 Å². The molecule has 0 aromatic carbocycles. The first-order valence-electron chi connectivity index (χ1n) is 8.93. The smallest absolute Gasteiger partial charge is 0.252 e. The maximum Gasteiger partial charge on any atom is 0.252 e. The van der Waals surface area contributed by atoms with Crippen LogP contribution in [-0.2, 0) is 24.8 Å². The molecule has 1 amide bonds. The minimum atomic E-state index is -3.54. The minimum absolute atomic E-state index is 0.218. The van der Waals surface area contributed by atoms with Crippen molar-refractivity contribution < 1.29 is 21.6 Å². The average Bonchev–Trinajstić information content (AvgIpc) is 3.08. The van der Waals surface area contributed by atoms with Crippen molar-refractivity contribution in [2.75, 3.05) is 39.0 Å². The summed E-state index contributed by atoms with van der Waals surface area (Å²) in [4.78, 5) is 15.4. The van der Waals surface area contributed by atoms with Gasteiger partial charge in [-0.25, -0.2) is 16.8 Å². The third-order valence-electron chi connectivity index (χ3n) is 5.02. The van der Waals surface area contributed by atoms with Crippen LogP contribution in [0.2, 0.25) is 0 Å². The third kappa shape index (κ3) is 4.37. The van der Waals surface area contributed by atoms with Crippen LogP contribution in [0, 0.1) is 6.92 Å². The summed E-state index contributed by atoms with van der Waals surface area (Å²) in [5, 5.41) is 0. The lowest BCUT2D eigenvalue weighted by Crippen LogP contribution is -2.57. The first kappa shape index (κ1) is 20.7. The molecule has 2 saturated heterocycles. The predicted molar refractivity (Wildman–Crippen MR) is 104 cm³/mol. The zero-order valence-corrected chi connectivity index (χ0v) is 17.9. The molecule has 2 fully saturated rings. The molecule has 1 atom stereocenters. The summed E-state index contributed by atoms with van der Waals surface area (Å²) in [5.41, 5.74) is 0. The first-order chi connectivity index (χ1) is 12.6. The number of piperazine rings is 1.